The fourth-order valence-corrected chi connectivity index (χ4v) is 6.07. The van der Waals surface area contributed by atoms with Gasteiger partial charge in [-0.3, -0.25) is 4.90 Å². The molecule has 34 heavy (non-hydrogen) atoms. The van der Waals surface area contributed by atoms with E-state index in [1.54, 1.807) is 36.1 Å². The van der Waals surface area contributed by atoms with Crippen LogP contribution in [0.5, 0.6) is 5.75 Å². The van der Waals surface area contributed by atoms with Gasteiger partial charge in [-0.15, -0.1) is 0 Å². The SMILES string of the molecule is Cc1ccccc1S(=O)(=O)NC(=O)N1CCC(N2CCC(Oc3ccc(F)cc3Cl)CC2)CC1. The molecule has 7 nitrogen and oxygen atoms in total. The van der Waals surface area contributed by atoms with Crippen LogP contribution in [0.15, 0.2) is 47.4 Å². The molecule has 2 heterocycles. The lowest BCUT2D eigenvalue weighted by Gasteiger charge is -2.41. The molecule has 0 saturated carbocycles. The third-order valence-corrected chi connectivity index (χ3v) is 8.31. The second kappa shape index (κ2) is 10.5. The summed E-state index contributed by atoms with van der Waals surface area (Å²) in [5.74, 6) is 0.112. The lowest BCUT2D eigenvalue weighted by Crippen LogP contribution is -2.52. The maximum atomic E-state index is 13.2. The second-order valence-electron chi connectivity index (χ2n) is 8.82. The number of carbonyl (C=O) groups excluding carboxylic acids is 1. The number of carbonyl (C=O) groups is 1. The van der Waals surface area contributed by atoms with E-state index in [4.69, 9.17) is 16.3 Å². The molecule has 1 N–H and O–H groups in total. The van der Waals surface area contributed by atoms with Gasteiger partial charge in [-0.1, -0.05) is 29.8 Å². The van der Waals surface area contributed by atoms with Crippen molar-refractivity contribution >= 4 is 27.7 Å². The number of urea groups is 1. The van der Waals surface area contributed by atoms with E-state index < -0.39 is 16.1 Å². The molecule has 4 rings (SSSR count). The molecule has 2 aliphatic rings. The molecule has 2 aliphatic heterocycles. The van der Waals surface area contributed by atoms with Gasteiger partial charge in [0.25, 0.3) is 10.0 Å². The molecule has 2 aromatic rings. The van der Waals surface area contributed by atoms with Crippen LogP contribution in [-0.2, 0) is 10.0 Å². The lowest BCUT2D eigenvalue weighted by atomic mass is 9.99. The Morgan fingerprint density at radius 3 is 2.38 bits per heavy atom. The van der Waals surface area contributed by atoms with Gasteiger partial charge in [-0.05, 0) is 62.4 Å². The second-order valence-corrected chi connectivity index (χ2v) is 10.9. The van der Waals surface area contributed by atoms with Crippen LogP contribution in [0.4, 0.5) is 9.18 Å². The van der Waals surface area contributed by atoms with Crippen molar-refractivity contribution in [3.05, 3.63) is 58.9 Å². The molecular formula is C24H29ClFN3O4S. The van der Waals surface area contributed by atoms with Gasteiger partial charge in [0.2, 0.25) is 0 Å². The van der Waals surface area contributed by atoms with Gasteiger partial charge in [-0.2, -0.15) is 0 Å². The summed E-state index contributed by atoms with van der Waals surface area (Å²) in [5, 5.41) is 0.275. The molecule has 0 bridgehead atoms. The number of piperidine rings is 2. The number of sulfonamides is 1. The van der Waals surface area contributed by atoms with Crippen molar-refractivity contribution in [3.8, 4) is 5.75 Å². The zero-order chi connectivity index (χ0) is 24.3. The van der Waals surface area contributed by atoms with Crippen molar-refractivity contribution in [2.45, 2.75) is 49.6 Å². The minimum absolute atomic E-state index is 0.0247. The molecule has 0 radical (unpaired) electrons. The normalized spacial score (nSPS) is 18.6. The molecule has 0 aromatic heterocycles. The summed E-state index contributed by atoms with van der Waals surface area (Å²) < 4.78 is 46.6. The van der Waals surface area contributed by atoms with E-state index in [2.05, 4.69) is 9.62 Å². The van der Waals surface area contributed by atoms with Crippen molar-refractivity contribution in [2.24, 2.45) is 0 Å². The van der Waals surface area contributed by atoms with E-state index >= 15 is 0 Å². The molecule has 0 spiro atoms. The van der Waals surface area contributed by atoms with Crippen LogP contribution in [-0.4, -0.2) is 62.6 Å². The van der Waals surface area contributed by atoms with Gasteiger partial charge in [-0.25, -0.2) is 22.3 Å². The minimum Gasteiger partial charge on any atom is -0.489 e. The molecule has 2 amide bonds. The standard InChI is InChI=1S/C24H29ClFN3O4S/c1-17-4-2-3-5-23(17)34(31,32)27-24(30)29-12-8-19(9-13-29)28-14-10-20(11-15-28)33-22-7-6-18(26)16-21(22)25/h2-7,16,19-20H,8-15H2,1H3,(H,27,30). The number of amides is 2. The highest BCUT2D eigenvalue weighted by atomic mass is 35.5. The predicted octanol–water partition coefficient (Wildman–Crippen LogP) is 4.19. The maximum Gasteiger partial charge on any atom is 0.331 e. The summed E-state index contributed by atoms with van der Waals surface area (Å²) in [7, 11) is -3.91. The number of hydrogen-bond donors (Lipinski definition) is 1. The van der Waals surface area contributed by atoms with Crippen LogP contribution in [0.1, 0.15) is 31.2 Å². The molecule has 184 valence electrons. The van der Waals surface area contributed by atoms with Crippen LogP contribution in [0.2, 0.25) is 5.02 Å². The van der Waals surface area contributed by atoms with Gasteiger partial charge in [0.1, 0.15) is 17.7 Å². The summed E-state index contributed by atoms with van der Waals surface area (Å²) in [6.07, 6.45) is 3.27. The Kier molecular flexibility index (Phi) is 7.64. The Morgan fingerprint density at radius 2 is 1.74 bits per heavy atom. The fraction of sp³-hybridized carbons (Fsp3) is 0.458. The highest BCUT2D eigenvalue weighted by molar-refractivity contribution is 7.90. The van der Waals surface area contributed by atoms with Crippen LogP contribution in [0.3, 0.4) is 0 Å². The van der Waals surface area contributed by atoms with Gasteiger partial charge in [0.15, 0.2) is 0 Å². The zero-order valence-corrected chi connectivity index (χ0v) is 20.6. The monoisotopic (exact) mass is 509 g/mol. The van der Waals surface area contributed by atoms with Crippen LogP contribution >= 0.6 is 11.6 Å². The summed E-state index contributed by atoms with van der Waals surface area (Å²) in [5.41, 5.74) is 0.593. The van der Waals surface area contributed by atoms with Crippen molar-refractivity contribution in [3.63, 3.8) is 0 Å². The van der Waals surface area contributed by atoms with Crippen LogP contribution in [0.25, 0.3) is 0 Å². The van der Waals surface area contributed by atoms with Crippen molar-refractivity contribution in [1.29, 1.82) is 0 Å². The topological polar surface area (TPSA) is 79.0 Å². The summed E-state index contributed by atoms with van der Waals surface area (Å²) in [6.45, 7) is 4.43. The Bertz CT molecular complexity index is 1130. The molecular weight excluding hydrogens is 481 g/mol. The van der Waals surface area contributed by atoms with Crippen molar-refractivity contribution < 1.29 is 22.3 Å². The zero-order valence-electron chi connectivity index (χ0n) is 19.0. The number of rotatable bonds is 5. The van der Waals surface area contributed by atoms with E-state index in [9.17, 15) is 17.6 Å². The third kappa shape index (κ3) is 5.82. The first kappa shape index (κ1) is 24.8. The van der Waals surface area contributed by atoms with Crippen LogP contribution < -0.4 is 9.46 Å². The molecule has 0 atom stereocenters. The fourth-order valence-electron chi connectivity index (χ4n) is 4.64. The summed E-state index contributed by atoms with van der Waals surface area (Å²) >= 11 is 6.07. The van der Waals surface area contributed by atoms with Crippen molar-refractivity contribution in [2.75, 3.05) is 26.2 Å². The van der Waals surface area contributed by atoms with Gasteiger partial charge in [0, 0.05) is 32.2 Å². The van der Waals surface area contributed by atoms with E-state index in [0.717, 1.165) is 38.8 Å². The minimum atomic E-state index is -3.91. The van der Waals surface area contributed by atoms with Crippen molar-refractivity contribution in [1.82, 2.24) is 14.5 Å². The lowest BCUT2D eigenvalue weighted by molar-refractivity contribution is 0.0540. The number of likely N-dealkylation sites (tertiary alicyclic amines) is 2. The quantitative estimate of drug-likeness (QED) is 0.653. The Balaban J connectivity index is 1.24. The largest absolute Gasteiger partial charge is 0.489 e. The molecule has 10 heteroatoms. The molecule has 2 fully saturated rings. The number of halogens is 2. The smallest absolute Gasteiger partial charge is 0.331 e. The van der Waals surface area contributed by atoms with Gasteiger partial charge < -0.3 is 9.64 Å². The van der Waals surface area contributed by atoms with E-state index in [0.29, 0.717) is 30.4 Å². The molecule has 0 unspecified atom stereocenters. The maximum absolute atomic E-state index is 13.2. The van der Waals surface area contributed by atoms with E-state index in [1.165, 1.54) is 18.2 Å². The highest BCUT2D eigenvalue weighted by Crippen LogP contribution is 2.29. The molecule has 2 saturated heterocycles. The Morgan fingerprint density at radius 1 is 1.06 bits per heavy atom. The average Bonchev–Trinajstić information content (AvgIpc) is 2.81. The average molecular weight is 510 g/mol. The first-order valence-corrected chi connectivity index (χ1v) is 13.3. The van der Waals surface area contributed by atoms with Gasteiger partial charge >= 0.3 is 6.03 Å². The molecule has 0 aliphatic carbocycles. The van der Waals surface area contributed by atoms with Gasteiger partial charge in [0.05, 0.1) is 9.92 Å². The third-order valence-electron chi connectivity index (χ3n) is 6.54. The van der Waals surface area contributed by atoms with E-state index in [1.807, 2.05) is 0 Å². The summed E-state index contributed by atoms with van der Waals surface area (Å²) in [6, 6.07) is 10.5. The number of nitrogens with zero attached hydrogens (tertiary/aromatic N) is 2. The number of benzene rings is 2. The van der Waals surface area contributed by atoms with E-state index in [-0.39, 0.29) is 21.8 Å². The predicted molar refractivity (Wildman–Crippen MR) is 128 cm³/mol. The first-order valence-electron chi connectivity index (χ1n) is 11.5. The first-order chi connectivity index (χ1) is 16.2. The van der Waals surface area contributed by atoms with Crippen LogP contribution in [0, 0.1) is 12.7 Å². The number of ether oxygens (including phenoxy) is 1. The number of nitrogens with one attached hydrogen (secondary N) is 1. The Labute approximate surface area is 204 Å². The summed E-state index contributed by atoms with van der Waals surface area (Å²) in [4.78, 5) is 16.7. The highest BCUT2D eigenvalue weighted by Gasteiger charge is 2.31. The number of hydrogen-bond acceptors (Lipinski definition) is 5. The molecule has 2 aromatic carbocycles. The Hall–Kier alpha value is -2.36. The number of aryl methyl sites for hydroxylation is 1.